The number of anilines is 1. The van der Waals surface area contributed by atoms with Crippen LogP contribution in [0.3, 0.4) is 0 Å². The first-order valence-electron chi connectivity index (χ1n) is 5.65. The summed E-state index contributed by atoms with van der Waals surface area (Å²) < 4.78 is 0. The van der Waals surface area contributed by atoms with Gasteiger partial charge in [0, 0.05) is 5.54 Å². The zero-order chi connectivity index (χ0) is 12.3. The Bertz CT molecular complexity index is 375. The molecule has 4 heteroatoms. The summed E-state index contributed by atoms with van der Waals surface area (Å²) in [5.41, 5.74) is 2.10. The number of nitrogens with zero attached hydrogens (tertiary/aromatic N) is 2. The number of hydrogen-bond acceptors (Lipinski definition) is 3. The van der Waals surface area contributed by atoms with Crippen LogP contribution in [0.5, 0.6) is 0 Å². The van der Waals surface area contributed by atoms with Gasteiger partial charge in [0.15, 0.2) is 11.0 Å². The maximum Gasteiger partial charge on any atom is 0.155 e. The fraction of sp³-hybridized carbons (Fsp3) is 0.667. The highest BCUT2D eigenvalue weighted by molar-refractivity contribution is 6.30. The molecule has 0 aliphatic heterocycles. The van der Waals surface area contributed by atoms with Crippen molar-refractivity contribution in [1.82, 2.24) is 10.2 Å². The molecule has 0 atom stereocenters. The Morgan fingerprint density at radius 1 is 1.19 bits per heavy atom. The van der Waals surface area contributed by atoms with E-state index in [9.17, 15) is 0 Å². The van der Waals surface area contributed by atoms with Crippen molar-refractivity contribution >= 4 is 17.4 Å². The lowest BCUT2D eigenvalue weighted by atomic mass is 9.98. The Balaban J connectivity index is 2.94. The Hall–Kier alpha value is -0.830. The van der Waals surface area contributed by atoms with Crippen LogP contribution in [0.1, 0.15) is 44.7 Å². The molecule has 1 N–H and O–H groups in total. The van der Waals surface area contributed by atoms with Crippen molar-refractivity contribution in [3.63, 3.8) is 0 Å². The van der Waals surface area contributed by atoms with Crippen LogP contribution in [0, 0.1) is 13.8 Å². The van der Waals surface area contributed by atoms with Crippen molar-refractivity contribution in [2.45, 2.75) is 53.0 Å². The maximum atomic E-state index is 5.92. The zero-order valence-electron chi connectivity index (χ0n) is 10.7. The van der Waals surface area contributed by atoms with Crippen molar-refractivity contribution in [2.24, 2.45) is 0 Å². The van der Waals surface area contributed by atoms with Crippen molar-refractivity contribution < 1.29 is 0 Å². The summed E-state index contributed by atoms with van der Waals surface area (Å²) in [5, 5.41) is 12.0. The van der Waals surface area contributed by atoms with E-state index in [0.717, 1.165) is 29.8 Å². The molecule has 0 amide bonds. The molecule has 3 nitrogen and oxygen atoms in total. The molecule has 0 saturated carbocycles. The van der Waals surface area contributed by atoms with E-state index in [2.05, 4.69) is 36.3 Å². The van der Waals surface area contributed by atoms with Crippen LogP contribution in [-0.4, -0.2) is 15.7 Å². The Kier molecular flexibility index (Phi) is 4.14. The summed E-state index contributed by atoms with van der Waals surface area (Å²) in [6.07, 6.45) is 2.23. The van der Waals surface area contributed by atoms with E-state index in [1.54, 1.807) is 0 Å². The maximum absolute atomic E-state index is 5.92. The Labute approximate surface area is 103 Å². The molecule has 0 unspecified atom stereocenters. The number of rotatable bonds is 4. The molecule has 0 aliphatic rings. The summed E-state index contributed by atoms with van der Waals surface area (Å²) in [6.45, 7) is 10.5. The van der Waals surface area contributed by atoms with Gasteiger partial charge in [-0.25, -0.2) is 0 Å². The van der Waals surface area contributed by atoms with Crippen molar-refractivity contribution in [2.75, 3.05) is 5.32 Å². The van der Waals surface area contributed by atoms with E-state index < -0.39 is 0 Å². The van der Waals surface area contributed by atoms with E-state index in [-0.39, 0.29) is 5.54 Å². The summed E-state index contributed by atoms with van der Waals surface area (Å²) in [5.74, 6) is 0.834. The second-order valence-electron chi connectivity index (χ2n) is 4.85. The summed E-state index contributed by atoms with van der Waals surface area (Å²) in [4.78, 5) is 0. The van der Waals surface area contributed by atoms with E-state index in [4.69, 9.17) is 11.6 Å². The van der Waals surface area contributed by atoms with Crippen LogP contribution >= 0.6 is 11.6 Å². The monoisotopic (exact) mass is 241 g/mol. The van der Waals surface area contributed by atoms with E-state index >= 15 is 0 Å². The van der Waals surface area contributed by atoms with Crippen LogP contribution in [0.2, 0.25) is 5.15 Å². The van der Waals surface area contributed by atoms with Crippen LogP contribution in [0.15, 0.2) is 0 Å². The Morgan fingerprint density at radius 3 is 2.38 bits per heavy atom. The topological polar surface area (TPSA) is 37.8 Å². The van der Waals surface area contributed by atoms with Gasteiger partial charge in [0.05, 0.1) is 0 Å². The van der Waals surface area contributed by atoms with Crippen molar-refractivity contribution in [3.8, 4) is 0 Å². The van der Waals surface area contributed by atoms with Gasteiger partial charge >= 0.3 is 0 Å². The largest absolute Gasteiger partial charge is 0.363 e. The highest BCUT2D eigenvalue weighted by atomic mass is 35.5. The van der Waals surface area contributed by atoms with Crippen molar-refractivity contribution in [1.29, 1.82) is 0 Å². The molecule has 1 aromatic rings. The van der Waals surface area contributed by atoms with Crippen LogP contribution in [-0.2, 0) is 0 Å². The van der Waals surface area contributed by atoms with E-state index in [1.807, 2.05) is 13.8 Å². The standard InChI is InChI=1S/C12H20ClN3/c1-6-7-12(4,5)14-11-9(3)8(2)10(13)15-16-11/h6-7H2,1-5H3,(H,14,16). The van der Waals surface area contributed by atoms with Crippen molar-refractivity contribution in [3.05, 3.63) is 16.3 Å². The third-order valence-corrected chi connectivity index (χ3v) is 3.16. The zero-order valence-corrected chi connectivity index (χ0v) is 11.4. The number of halogens is 1. The van der Waals surface area contributed by atoms with Gasteiger partial charge in [-0.1, -0.05) is 24.9 Å². The third-order valence-electron chi connectivity index (χ3n) is 2.80. The van der Waals surface area contributed by atoms with Gasteiger partial charge in [-0.05, 0) is 45.2 Å². The number of nitrogens with one attached hydrogen (secondary N) is 1. The summed E-state index contributed by atoms with van der Waals surface area (Å²) in [7, 11) is 0. The minimum atomic E-state index is 0.0362. The summed E-state index contributed by atoms with van der Waals surface area (Å²) >= 11 is 5.92. The van der Waals surface area contributed by atoms with Crippen LogP contribution < -0.4 is 5.32 Å². The minimum absolute atomic E-state index is 0.0362. The molecule has 16 heavy (non-hydrogen) atoms. The molecular weight excluding hydrogens is 222 g/mol. The van der Waals surface area contributed by atoms with Gasteiger partial charge in [0.25, 0.3) is 0 Å². The van der Waals surface area contributed by atoms with E-state index in [1.165, 1.54) is 0 Å². The molecule has 0 saturated heterocycles. The quantitative estimate of drug-likeness (QED) is 0.873. The highest BCUT2D eigenvalue weighted by Crippen LogP contribution is 2.24. The van der Waals surface area contributed by atoms with Gasteiger partial charge < -0.3 is 5.32 Å². The molecule has 90 valence electrons. The SMILES string of the molecule is CCCC(C)(C)Nc1nnc(Cl)c(C)c1C. The lowest BCUT2D eigenvalue weighted by Gasteiger charge is -2.27. The molecule has 0 bridgehead atoms. The third kappa shape index (κ3) is 3.08. The first-order chi connectivity index (χ1) is 7.37. The lowest BCUT2D eigenvalue weighted by molar-refractivity contribution is 0.507. The predicted molar refractivity (Wildman–Crippen MR) is 69.1 cm³/mol. The van der Waals surface area contributed by atoms with Gasteiger partial charge in [0.2, 0.25) is 0 Å². The predicted octanol–water partition coefficient (Wildman–Crippen LogP) is 3.74. The normalized spacial score (nSPS) is 11.6. The number of aromatic nitrogens is 2. The molecule has 0 fully saturated rings. The fourth-order valence-electron chi connectivity index (χ4n) is 1.70. The van der Waals surface area contributed by atoms with Gasteiger partial charge in [-0.3, -0.25) is 0 Å². The molecule has 0 aromatic carbocycles. The van der Waals surface area contributed by atoms with E-state index in [0.29, 0.717) is 5.15 Å². The Morgan fingerprint density at radius 2 is 1.81 bits per heavy atom. The second-order valence-corrected chi connectivity index (χ2v) is 5.21. The highest BCUT2D eigenvalue weighted by Gasteiger charge is 2.19. The van der Waals surface area contributed by atoms with Crippen LogP contribution in [0.4, 0.5) is 5.82 Å². The molecule has 1 heterocycles. The van der Waals surface area contributed by atoms with Gasteiger partial charge in [-0.2, -0.15) is 0 Å². The lowest BCUT2D eigenvalue weighted by Crippen LogP contribution is -2.31. The molecule has 0 aliphatic carbocycles. The fourth-order valence-corrected chi connectivity index (χ4v) is 1.88. The summed E-state index contributed by atoms with van der Waals surface area (Å²) in [6, 6.07) is 0. The molecule has 0 spiro atoms. The minimum Gasteiger partial charge on any atom is -0.363 e. The second kappa shape index (κ2) is 5.00. The molecule has 1 rings (SSSR count). The average Bonchev–Trinajstić information content (AvgIpc) is 2.19. The molecule has 0 radical (unpaired) electrons. The van der Waals surface area contributed by atoms with Crippen LogP contribution in [0.25, 0.3) is 0 Å². The first kappa shape index (κ1) is 13.2. The molecule has 1 aromatic heterocycles. The molecular formula is C12H20ClN3. The number of hydrogen-bond donors (Lipinski definition) is 1. The van der Waals surface area contributed by atoms with Gasteiger partial charge in [-0.15, -0.1) is 10.2 Å². The first-order valence-corrected chi connectivity index (χ1v) is 6.02. The smallest absolute Gasteiger partial charge is 0.155 e. The average molecular weight is 242 g/mol. The van der Waals surface area contributed by atoms with Gasteiger partial charge in [0.1, 0.15) is 0 Å².